The van der Waals surface area contributed by atoms with Crippen LogP contribution in [0.4, 0.5) is 0 Å². The minimum Gasteiger partial charge on any atom is -0.746 e. The van der Waals surface area contributed by atoms with Crippen LogP contribution in [0.5, 0.6) is 0 Å². The summed E-state index contributed by atoms with van der Waals surface area (Å²) < 4.78 is 18.4. The Kier molecular flexibility index (Phi) is 14.4. The number of phosphoric acid groups is 1. The van der Waals surface area contributed by atoms with Crippen molar-refractivity contribution in [2.24, 2.45) is 0 Å². The largest absolute Gasteiger partial charge is 1.00 e. The van der Waals surface area contributed by atoms with E-state index < -0.39 is 44.1 Å². The summed E-state index contributed by atoms with van der Waals surface area (Å²) in [4.78, 5) is 29.6. The number of aliphatic hydroxyl groups is 3. The Bertz CT molecular complexity index is 380. The van der Waals surface area contributed by atoms with Gasteiger partial charge < -0.3 is 34.4 Å². The molecule has 0 fully saturated rings. The molecule has 1 heterocycles. The first-order chi connectivity index (χ1) is 7.26. The molecule has 0 bridgehead atoms. The molecule has 0 amide bonds. The summed E-state index contributed by atoms with van der Waals surface area (Å²) in [5.41, 5.74) is 0. The third-order valence-corrected chi connectivity index (χ3v) is 2.08. The Balaban J connectivity index is -0.000000853. The van der Waals surface area contributed by atoms with Crippen molar-refractivity contribution in [3.05, 3.63) is 11.5 Å². The second kappa shape index (κ2) is 10.6. The maximum absolute atomic E-state index is 11.0. The van der Waals surface area contributed by atoms with Crippen molar-refractivity contribution in [3.8, 4) is 0 Å². The molecule has 9 nitrogen and oxygen atoms in total. The van der Waals surface area contributed by atoms with Crippen molar-refractivity contribution in [2.45, 2.75) is 12.2 Å². The fourth-order valence-electron chi connectivity index (χ4n) is 1.01. The van der Waals surface area contributed by atoms with E-state index in [9.17, 15) is 19.4 Å². The Hall–Kier alpha value is 1.88. The van der Waals surface area contributed by atoms with Gasteiger partial charge in [-0.3, -0.25) is 4.57 Å². The van der Waals surface area contributed by atoms with Gasteiger partial charge in [-0.25, -0.2) is 4.79 Å². The number of aliphatic hydroxyl groups excluding tert-OH is 3. The van der Waals surface area contributed by atoms with Crippen LogP contribution in [0.1, 0.15) is 0 Å². The third kappa shape index (κ3) is 7.62. The van der Waals surface area contributed by atoms with Crippen molar-refractivity contribution in [1.29, 1.82) is 0 Å². The monoisotopic (exact) mass is 324 g/mol. The topological polar surface area (TPSA) is 157 Å². The van der Waals surface area contributed by atoms with Crippen molar-refractivity contribution >= 4 is 13.8 Å². The maximum Gasteiger partial charge on any atom is 1.00 e. The van der Waals surface area contributed by atoms with Crippen molar-refractivity contribution in [2.75, 3.05) is 6.61 Å². The first-order valence-corrected chi connectivity index (χ1v) is 5.42. The zero-order chi connectivity index (χ0) is 12.5. The van der Waals surface area contributed by atoms with Crippen molar-refractivity contribution in [3.63, 3.8) is 0 Å². The van der Waals surface area contributed by atoms with Crippen LogP contribution in [0.25, 0.3) is 0 Å². The summed E-state index contributed by atoms with van der Waals surface area (Å²) in [6, 6.07) is 0. The van der Waals surface area contributed by atoms with E-state index in [0.717, 1.165) is 0 Å². The van der Waals surface area contributed by atoms with Gasteiger partial charge in [-0.1, -0.05) is 0 Å². The predicted molar refractivity (Wildman–Crippen MR) is 43.5 cm³/mol. The van der Waals surface area contributed by atoms with Crippen LogP contribution in [-0.2, 0) is 18.6 Å². The molecule has 0 aromatic heterocycles. The summed E-state index contributed by atoms with van der Waals surface area (Å²) in [7, 11) is -5.27. The molecule has 0 saturated carbocycles. The van der Waals surface area contributed by atoms with Gasteiger partial charge in [0.15, 0.2) is 11.9 Å². The molecular formula is C6H8Na3O9P+2. The molecule has 1 aliphatic rings. The third-order valence-electron chi connectivity index (χ3n) is 1.66. The van der Waals surface area contributed by atoms with E-state index in [-0.39, 0.29) is 88.7 Å². The maximum atomic E-state index is 11.0. The van der Waals surface area contributed by atoms with Gasteiger partial charge in [-0.05, 0) is 0 Å². The van der Waals surface area contributed by atoms with Crippen LogP contribution >= 0.6 is 7.82 Å². The Morgan fingerprint density at radius 2 is 1.89 bits per heavy atom. The average Bonchev–Trinajstić information content (AvgIpc) is 2.42. The molecule has 92 valence electrons. The fourth-order valence-corrected chi connectivity index (χ4v) is 1.41. The van der Waals surface area contributed by atoms with Crippen molar-refractivity contribution in [1.82, 2.24) is 0 Å². The zero-order valence-electron chi connectivity index (χ0n) is 10.6. The molecule has 1 rings (SSSR count). The molecular weight excluding hydrogens is 316 g/mol. The van der Waals surface area contributed by atoms with E-state index in [0.29, 0.717) is 0 Å². The average molecular weight is 324 g/mol. The smallest absolute Gasteiger partial charge is 0.746 e. The molecule has 1 unspecified atom stereocenters. The van der Waals surface area contributed by atoms with Crippen LogP contribution in [0.2, 0.25) is 0 Å². The van der Waals surface area contributed by atoms with Gasteiger partial charge in [0.2, 0.25) is 0 Å². The Labute approximate surface area is 174 Å². The first-order valence-electron chi connectivity index (χ1n) is 3.92. The number of hydrogen-bond donors (Lipinski definition) is 4. The number of hydrogen-bond acceptors (Lipinski definition) is 8. The quantitative estimate of drug-likeness (QED) is 0.224. The predicted octanol–water partition coefficient (Wildman–Crippen LogP) is -11.5. The molecule has 3 atom stereocenters. The summed E-state index contributed by atoms with van der Waals surface area (Å²) in [5, 5.41) is 26.9. The number of phosphoric ester groups is 1. The second-order valence-electron chi connectivity index (χ2n) is 2.85. The van der Waals surface area contributed by atoms with E-state index in [1.165, 1.54) is 0 Å². The van der Waals surface area contributed by atoms with Crippen LogP contribution in [0, 0.1) is 0 Å². The minimum atomic E-state index is -5.27. The summed E-state index contributed by atoms with van der Waals surface area (Å²) in [6.07, 6.45) is -3.26. The SMILES string of the molecule is O=C1O[C@H]([C@@H](O)CO)C(O)=C1OP(=O)([O-])O.[Na+].[Na+].[Na+]. The Morgan fingerprint density at radius 1 is 1.42 bits per heavy atom. The second-order valence-corrected chi connectivity index (χ2v) is 3.97. The number of esters is 1. The number of rotatable bonds is 4. The van der Waals surface area contributed by atoms with Crippen LogP contribution in [-0.4, -0.2) is 45.0 Å². The first kappa shape index (κ1) is 25.8. The van der Waals surface area contributed by atoms with E-state index >= 15 is 0 Å². The number of carbonyl (C=O) groups is 1. The van der Waals surface area contributed by atoms with E-state index in [4.69, 9.17) is 15.1 Å². The summed E-state index contributed by atoms with van der Waals surface area (Å²) in [5.74, 6) is -3.53. The van der Waals surface area contributed by atoms with E-state index in [1.54, 1.807) is 0 Å². The summed E-state index contributed by atoms with van der Waals surface area (Å²) >= 11 is 0. The van der Waals surface area contributed by atoms with Crippen LogP contribution in [0.15, 0.2) is 11.5 Å². The molecule has 0 aromatic carbocycles. The molecule has 0 saturated heterocycles. The Morgan fingerprint density at radius 3 is 2.26 bits per heavy atom. The van der Waals surface area contributed by atoms with Gasteiger partial charge in [0.05, 0.1) is 6.61 Å². The van der Waals surface area contributed by atoms with Gasteiger partial charge >= 0.3 is 102 Å². The number of cyclic esters (lactones) is 1. The normalized spacial score (nSPS) is 22.1. The van der Waals surface area contributed by atoms with Gasteiger partial charge in [-0.15, -0.1) is 0 Å². The molecule has 0 radical (unpaired) electrons. The van der Waals surface area contributed by atoms with Crippen molar-refractivity contribution < 1.29 is 132 Å². The number of carbonyl (C=O) groups excluding carboxylic acids is 1. The van der Waals surface area contributed by atoms with E-state index in [2.05, 4.69) is 9.26 Å². The van der Waals surface area contributed by atoms with Crippen LogP contribution in [0.3, 0.4) is 0 Å². The van der Waals surface area contributed by atoms with Crippen LogP contribution < -0.4 is 93.6 Å². The molecule has 19 heavy (non-hydrogen) atoms. The number of ether oxygens (including phenoxy) is 1. The van der Waals surface area contributed by atoms with Gasteiger partial charge in [0.1, 0.15) is 6.10 Å². The molecule has 4 N–H and O–H groups in total. The standard InChI is InChI=1S/C6H9O9P.3Na/c7-1-2(8)4-3(9)5(6(10)14-4)15-16(11,12)13;;;/h2,4,7-9H,1H2,(H2,11,12,13);;;/q;3*+1/p-1/t2-,4+;;;/m0.../s1. The fraction of sp³-hybridized carbons (Fsp3) is 0.500. The molecule has 0 spiro atoms. The van der Waals surface area contributed by atoms with E-state index in [1.807, 2.05) is 0 Å². The zero-order valence-corrected chi connectivity index (χ0v) is 17.5. The molecule has 0 aromatic rings. The van der Waals surface area contributed by atoms with Gasteiger partial charge in [0, 0.05) is 0 Å². The molecule has 0 aliphatic carbocycles. The minimum absolute atomic E-state index is 0. The molecule has 1 aliphatic heterocycles. The molecule has 13 heteroatoms. The van der Waals surface area contributed by atoms with Gasteiger partial charge in [0.25, 0.3) is 5.76 Å². The summed E-state index contributed by atoms with van der Waals surface area (Å²) in [6.45, 7) is -0.830. The van der Waals surface area contributed by atoms with Gasteiger partial charge in [-0.2, -0.15) is 0 Å².